The Bertz CT molecular complexity index is 1130. The summed E-state index contributed by atoms with van der Waals surface area (Å²) in [6, 6.07) is 14.8. The molecule has 0 aliphatic heterocycles. The van der Waals surface area contributed by atoms with Gasteiger partial charge in [-0.15, -0.1) is 46.4 Å². The molecule has 38 heavy (non-hydrogen) atoms. The third kappa shape index (κ3) is 8.91. The van der Waals surface area contributed by atoms with Crippen molar-refractivity contribution < 1.29 is 0 Å². The molecule has 0 radical (unpaired) electrons. The molecule has 0 bridgehead atoms. The molecule has 3 aromatic rings. The van der Waals surface area contributed by atoms with E-state index in [1.165, 1.54) is 11.1 Å². The Kier molecular flexibility index (Phi) is 12.8. The SMILES string of the molecule is Cc1cc(N(CCCl)CCCl)ccc1/C=C\c1cc(/C=C/c2ccc(N(CCCl)CCCl)cc2C)ncn1. The molecule has 202 valence electrons. The van der Waals surface area contributed by atoms with Gasteiger partial charge in [0.2, 0.25) is 0 Å². The van der Waals surface area contributed by atoms with Gasteiger partial charge in [0, 0.05) is 61.1 Å². The van der Waals surface area contributed by atoms with Crippen LogP contribution < -0.4 is 9.80 Å². The van der Waals surface area contributed by atoms with Crippen molar-refractivity contribution in [3.8, 4) is 0 Å². The van der Waals surface area contributed by atoms with Crippen molar-refractivity contribution in [3.63, 3.8) is 0 Å². The zero-order valence-electron chi connectivity index (χ0n) is 21.9. The van der Waals surface area contributed by atoms with Gasteiger partial charge in [-0.1, -0.05) is 24.3 Å². The maximum Gasteiger partial charge on any atom is 0.116 e. The van der Waals surface area contributed by atoms with Gasteiger partial charge in [-0.05, 0) is 78.6 Å². The molecule has 4 nitrogen and oxygen atoms in total. The Morgan fingerprint density at radius 2 is 0.974 bits per heavy atom. The minimum Gasteiger partial charge on any atom is -0.369 e. The summed E-state index contributed by atoms with van der Waals surface area (Å²) in [7, 11) is 0. The maximum absolute atomic E-state index is 5.96. The zero-order valence-corrected chi connectivity index (χ0v) is 24.9. The standard InChI is InChI=1S/C30H34Cl4N4/c1-23-19-29(37(15-11-31)16-12-32)9-5-25(23)3-7-27-21-28(36-22-35-27)8-4-26-6-10-30(20-24(26)2)38(17-13-33)18-14-34/h3-10,19-22H,11-18H2,1-2H3/b7-3-,8-4+. The van der Waals surface area contributed by atoms with Crippen LogP contribution in [0.25, 0.3) is 24.3 Å². The van der Waals surface area contributed by atoms with E-state index in [9.17, 15) is 0 Å². The van der Waals surface area contributed by atoms with Crippen molar-refractivity contribution in [1.82, 2.24) is 9.97 Å². The van der Waals surface area contributed by atoms with Crippen LogP contribution in [0.4, 0.5) is 11.4 Å². The van der Waals surface area contributed by atoms with Gasteiger partial charge < -0.3 is 9.80 Å². The van der Waals surface area contributed by atoms with Crippen LogP contribution in [-0.2, 0) is 0 Å². The fourth-order valence-electron chi connectivity index (χ4n) is 4.16. The minimum atomic E-state index is 0.564. The molecule has 0 spiro atoms. The van der Waals surface area contributed by atoms with E-state index in [1.54, 1.807) is 6.33 Å². The second kappa shape index (κ2) is 16.0. The summed E-state index contributed by atoms with van der Waals surface area (Å²) in [6.45, 7) is 7.29. The number of hydrogen-bond donors (Lipinski definition) is 0. The first-order valence-electron chi connectivity index (χ1n) is 12.6. The van der Waals surface area contributed by atoms with Crippen LogP contribution in [0.3, 0.4) is 0 Å². The lowest BCUT2D eigenvalue weighted by Crippen LogP contribution is -2.27. The summed E-state index contributed by atoms with van der Waals surface area (Å²) in [4.78, 5) is 13.2. The van der Waals surface area contributed by atoms with E-state index in [4.69, 9.17) is 46.4 Å². The lowest BCUT2D eigenvalue weighted by Gasteiger charge is -2.23. The Balaban J connectivity index is 1.72. The Morgan fingerprint density at radius 1 is 0.579 bits per heavy atom. The molecule has 2 aromatic carbocycles. The smallest absolute Gasteiger partial charge is 0.116 e. The normalized spacial score (nSPS) is 11.5. The molecular weight excluding hydrogens is 558 g/mol. The number of halogens is 4. The number of benzene rings is 2. The molecule has 0 N–H and O–H groups in total. The van der Waals surface area contributed by atoms with Crippen LogP contribution >= 0.6 is 46.4 Å². The van der Waals surface area contributed by atoms with E-state index in [0.29, 0.717) is 23.5 Å². The number of nitrogens with zero attached hydrogens (tertiary/aromatic N) is 4. The van der Waals surface area contributed by atoms with E-state index in [0.717, 1.165) is 60.1 Å². The van der Waals surface area contributed by atoms with Crippen molar-refractivity contribution >= 4 is 82.1 Å². The van der Waals surface area contributed by atoms with Crippen molar-refractivity contribution in [3.05, 3.63) is 82.4 Å². The Labute approximate surface area is 246 Å². The third-order valence-corrected chi connectivity index (χ3v) is 6.91. The number of rotatable bonds is 14. The molecule has 1 heterocycles. The highest BCUT2D eigenvalue weighted by Crippen LogP contribution is 2.23. The van der Waals surface area contributed by atoms with Gasteiger partial charge in [0.25, 0.3) is 0 Å². The number of aromatic nitrogens is 2. The second-order valence-corrected chi connectivity index (χ2v) is 10.4. The van der Waals surface area contributed by atoms with Crippen molar-refractivity contribution in [2.75, 3.05) is 59.5 Å². The molecule has 0 amide bonds. The molecule has 0 unspecified atom stereocenters. The van der Waals surface area contributed by atoms with Gasteiger partial charge in [-0.2, -0.15) is 0 Å². The predicted molar refractivity (Wildman–Crippen MR) is 170 cm³/mol. The summed E-state index contributed by atoms with van der Waals surface area (Å²) >= 11 is 23.9. The molecule has 0 aliphatic rings. The molecular formula is C30H34Cl4N4. The molecule has 1 aromatic heterocycles. The Morgan fingerprint density at radius 3 is 1.32 bits per heavy atom. The first-order chi connectivity index (χ1) is 18.5. The monoisotopic (exact) mass is 590 g/mol. The lowest BCUT2D eigenvalue weighted by molar-refractivity contribution is 0.873. The molecule has 3 rings (SSSR count). The van der Waals surface area contributed by atoms with Gasteiger partial charge in [0.05, 0.1) is 11.4 Å². The Hall–Kier alpha value is -2.24. The summed E-state index contributed by atoms with van der Waals surface area (Å²) in [5, 5.41) is 0. The summed E-state index contributed by atoms with van der Waals surface area (Å²) in [5.41, 5.74) is 8.57. The van der Waals surface area contributed by atoms with E-state index in [2.05, 4.69) is 82.2 Å². The maximum atomic E-state index is 5.96. The van der Waals surface area contributed by atoms with Crippen LogP contribution in [-0.4, -0.2) is 59.7 Å². The summed E-state index contributed by atoms with van der Waals surface area (Å²) in [5.74, 6) is 2.26. The van der Waals surface area contributed by atoms with Crippen molar-refractivity contribution in [1.29, 1.82) is 0 Å². The van der Waals surface area contributed by atoms with Crippen LogP contribution in [0.1, 0.15) is 33.6 Å². The fourth-order valence-corrected chi connectivity index (χ4v) is 4.97. The predicted octanol–water partition coefficient (Wildman–Crippen LogP) is 8.00. The van der Waals surface area contributed by atoms with Crippen LogP contribution in [0, 0.1) is 13.8 Å². The highest BCUT2D eigenvalue weighted by Gasteiger charge is 2.08. The van der Waals surface area contributed by atoms with E-state index < -0.39 is 0 Å². The molecule has 8 heteroatoms. The molecule has 0 saturated heterocycles. The number of alkyl halides is 4. The van der Waals surface area contributed by atoms with E-state index in [1.807, 2.05) is 18.2 Å². The minimum absolute atomic E-state index is 0.564. The molecule has 0 atom stereocenters. The zero-order chi connectivity index (χ0) is 27.3. The highest BCUT2D eigenvalue weighted by molar-refractivity contribution is 6.19. The van der Waals surface area contributed by atoms with Crippen LogP contribution in [0.15, 0.2) is 48.8 Å². The van der Waals surface area contributed by atoms with Crippen LogP contribution in [0.5, 0.6) is 0 Å². The third-order valence-electron chi connectivity index (χ3n) is 6.23. The number of aryl methyl sites for hydroxylation is 2. The van der Waals surface area contributed by atoms with Gasteiger partial charge >= 0.3 is 0 Å². The van der Waals surface area contributed by atoms with Gasteiger partial charge in [0.1, 0.15) is 6.33 Å². The molecule has 0 fully saturated rings. The largest absolute Gasteiger partial charge is 0.369 e. The average molecular weight is 592 g/mol. The first-order valence-corrected chi connectivity index (χ1v) is 14.8. The van der Waals surface area contributed by atoms with E-state index >= 15 is 0 Å². The van der Waals surface area contributed by atoms with E-state index in [-0.39, 0.29) is 0 Å². The fraction of sp³-hybridized carbons (Fsp3) is 0.333. The average Bonchev–Trinajstić information content (AvgIpc) is 2.91. The van der Waals surface area contributed by atoms with Crippen LogP contribution in [0.2, 0.25) is 0 Å². The molecule has 0 aliphatic carbocycles. The topological polar surface area (TPSA) is 32.3 Å². The van der Waals surface area contributed by atoms with Gasteiger partial charge in [-0.25, -0.2) is 9.97 Å². The summed E-state index contributed by atoms with van der Waals surface area (Å²) in [6.07, 6.45) is 9.78. The van der Waals surface area contributed by atoms with Gasteiger partial charge in [0.15, 0.2) is 0 Å². The quantitative estimate of drug-likeness (QED) is 0.178. The second-order valence-electron chi connectivity index (χ2n) is 8.85. The number of anilines is 2. The molecule has 0 saturated carbocycles. The lowest BCUT2D eigenvalue weighted by atomic mass is 10.1. The summed E-state index contributed by atoms with van der Waals surface area (Å²) < 4.78 is 0. The van der Waals surface area contributed by atoms with Crippen molar-refractivity contribution in [2.45, 2.75) is 13.8 Å². The van der Waals surface area contributed by atoms with Crippen molar-refractivity contribution in [2.24, 2.45) is 0 Å². The highest BCUT2D eigenvalue weighted by atomic mass is 35.5. The van der Waals surface area contributed by atoms with Gasteiger partial charge in [-0.3, -0.25) is 0 Å². The first kappa shape index (κ1) is 30.3. The number of hydrogen-bond acceptors (Lipinski definition) is 4.